The third kappa shape index (κ3) is 2.27. The molecule has 0 bridgehead atoms. The van der Waals surface area contributed by atoms with Crippen molar-refractivity contribution in [2.45, 2.75) is 25.7 Å². The van der Waals surface area contributed by atoms with Crippen LogP contribution in [0.25, 0.3) is 0 Å². The number of rotatable bonds is 2. The molecule has 0 atom stereocenters. The Labute approximate surface area is 106 Å². The van der Waals surface area contributed by atoms with Crippen LogP contribution in [0, 0.1) is 0 Å². The molecular formula is C14H15N3O. The van der Waals surface area contributed by atoms with Gasteiger partial charge in [0.15, 0.2) is 0 Å². The lowest BCUT2D eigenvalue weighted by Gasteiger charge is -2.16. The lowest BCUT2D eigenvalue weighted by atomic mass is 9.92. The monoisotopic (exact) mass is 241 g/mol. The van der Waals surface area contributed by atoms with E-state index in [-0.39, 0.29) is 0 Å². The number of nitrogens with two attached hydrogens (primary N) is 1. The van der Waals surface area contributed by atoms with Crippen molar-refractivity contribution in [2.24, 2.45) is 0 Å². The number of hydrogen-bond donors (Lipinski definition) is 1. The molecule has 1 aromatic heterocycles. The molecule has 0 radical (unpaired) electrons. The van der Waals surface area contributed by atoms with E-state index in [0.717, 1.165) is 12.2 Å². The molecule has 4 heteroatoms. The summed E-state index contributed by atoms with van der Waals surface area (Å²) in [6.07, 6.45) is 6.43. The van der Waals surface area contributed by atoms with Crippen LogP contribution in [0.2, 0.25) is 0 Å². The molecule has 0 aliphatic heterocycles. The largest absolute Gasteiger partial charge is 0.424 e. The fourth-order valence-electron chi connectivity index (χ4n) is 2.28. The fourth-order valence-corrected chi connectivity index (χ4v) is 2.28. The molecule has 4 nitrogen and oxygen atoms in total. The van der Waals surface area contributed by atoms with Crippen molar-refractivity contribution in [3.05, 3.63) is 41.6 Å². The molecule has 1 aliphatic rings. The first kappa shape index (κ1) is 11.0. The number of fused-ring (bicyclic) bond motifs is 1. The van der Waals surface area contributed by atoms with Gasteiger partial charge in [0.25, 0.3) is 0 Å². The Kier molecular flexibility index (Phi) is 2.84. The normalized spacial score (nSPS) is 14.0. The van der Waals surface area contributed by atoms with Crippen LogP contribution in [0.15, 0.2) is 30.5 Å². The number of hydrogen-bond acceptors (Lipinski definition) is 4. The number of ether oxygens (including phenoxy) is 1. The van der Waals surface area contributed by atoms with Crippen LogP contribution in [0.5, 0.6) is 11.8 Å². The molecule has 0 amide bonds. The van der Waals surface area contributed by atoms with E-state index in [1.54, 1.807) is 12.3 Å². The predicted molar refractivity (Wildman–Crippen MR) is 69.6 cm³/mol. The highest BCUT2D eigenvalue weighted by atomic mass is 16.5. The van der Waals surface area contributed by atoms with Crippen molar-refractivity contribution >= 4 is 5.82 Å². The molecule has 0 spiro atoms. The highest BCUT2D eigenvalue weighted by Crippen LogP contribution is 2.27. The molecule has 0 fully saturated rings. The fraction of sp³-hybridized carbons (Fsp3) is 0.286. The summed E-state index contributed by atoms with van der Waals surface area (Å²) in [5.41, 5.74) is 8.40. The lowest BCUT2D eigenvalue weighted by Crippen LogP contribution is -2.03. The second-order valence-electron chi connectivity index (χ2n) is 4.50. The van der Waals surface area contributed by atoms with E-state index in [9.17, 15) is 0 Å². The van der Waals surface area contributed by atoms with Crippen molar-refractivity contribution in [1.82, 2.24) is 9.97 Å². The van der Waals surface area contributed by atoms with E-state index in [0.29, 0.717) is 11.8 Å². The minimum atomic E-state index is 0.297. The molecule has 1 aromatic carbocycles. The third-order valence-corrected chi connectivity index (χ3v) is 3.18. The molecule has 18 heavy (non-hydrogen) atoms. The SMILES string of the molecule is Nc1ccnc(Oc2ccc3c(c2)CCCC3)n1. The van der Waals surface area contributed by atoms with Crippen molar-refractivity contribution in [1.29, 1.82) is 0 Å². The second kappa shape index (κ2) is 4.64. The van der Waals surface area contributed by atoms with E-state index in [1.165, 1.54) is 30.4 Å². The lowest BCUT2D eigenvalue weighted by molar-refractivity contribution is 0.441. The standard InChI is InChI=1S/C14H15N3O/c15-13-7-8-16-14(17-13)18-12-6-5-10-3-1-2-4-11(10)9-12/h5-9H,1-4H2,(H2,15,16,17). The average molecular weight is 241 g/mol. The van der Waals surface area contributed by atoms with E-state index in [2.05, 4.69) is 22.1 Å². The van der Waals surface area contributed by atoms with Crippen LogP contribution in [0.1, 0.15) is 24.0 Å². The summed E-state index contributed by atoms with van der Waals surface area (Å²) in [6.45, 7) is 0. The van der Waals surface area contributed by atoms with E-state index < -0.39 is 0 Å². The highest BCUT2D eigenvalue weighted by Gasteiger charge is 2.10. The number of nitrogens with zero attached hydrogens (tertiary/aromatic N) is 2. The highest BCUT2D eigenvalue weighted by molar-refractivity contribution is 5.38. The van der Waals surface area contributed by atoms with Gasteiger partial charge in [0.1, 0.15) is 11.6 Å². The molecule has 92 valence electrons. The summed E-state index contributed by atoms with van der Waals surface area (Å²) in [4.78, 5) is 8.06. The van der Waals surface area contributed by atoms with Crippen molar-refractivity contribution in [2.75, 3.05) is 5.73 Å². The first-order chi connectivity index (χ1) is 8.81. The molecule has 3 rings (SSSR count). The van der Waals surface area contributed by atoms with Gasteiger partial charge in [0, 0.05) is 6.20 Å². The molecule has 2 N–H and O–H groups in total. The number of nitrogen functional groups attached to an aromatic ring is 1. The van der Waals surface area contributed by atoms with Gasteiger partial charge in [-0.1, -0.05) is 6.07 Å². The molecular weight excluding hydrogens is 226 g/mol. The molecule has 0 saturated carbocycles. The Morgan fingerprint density at radius 3 is 2.72 bits per heavy atom. The van der Waals surface area contributed by atoms with Crippen LogP contribution in [-0.4, -0.2) is 9.97 Å². The van der Waals surface area contributed by atoms with Gasteiger partial charge in [-0.25, -0.2) is 4.98 Å². The average Bonchev–Trinajstić information content (AvgIpc) is 2.39. The smallest absolute Gasteiger partial charge is 0.323 e. The van der Waals surface area contributed by atoms with Gasteiger partial charge < -0.3 is 10.5 Å². The Hall–Kier alpha value is -2.10. The maximum Gasteiger partial charge on any atom is 0.323 e. The quantitative estimate of drug-likeness (QED) is 0.878. The maximum absolute atomic E-state index is 5.62. The van der Waals surface area contributed by atoms with Crippen LogP contribution < -0.4 is 10.5 Å². The number of aromatic nitrogens is 2. The zero-order valence-electron chi connectivity index (χ0n) is 10.1. The number of anilines is 1. The second-order valence-corrected chi connectivity index (χ2v) is 4.50. The Bertz CT molecular complexity index is 569. The molecule has 2 aromatic rings. The summed E-state index contributed by atoms with van der Waals surface area (Å²) in [5, 5.41) is 0. The molecule has 0 saturated heterocycles. The Balaban J connectivity index is 1.85. The minimum absolute atomic E-state index is 0.297. The summed E-state index contributed by atoms with van der Waals surface area (Å²) in [6, 6.07) is 8.12. The maximum atomic E-state index is 5.62. The summed E-state index contributed by atoms with van der Waals surface area (Å²) in [5.74, 6) is 1.19. The van der Waals surface area contributed by atoms with E-state index >= 15 is 0 Å². The zero-order chi connectivity index (χ0) is 12.4. The third-order valence-electron chi connectivity index (χ3n) is 3.18. The van der Waals surface area contributed by atoms with Gasteiger partial charge in [-0.05, 0) is 55.0 Å². The summed E-state index contributed by atoms with van der Waals surface area (Å²) in [7, 11) is 0. The summed E-state index contributed by atoms with van der Waals surface area (Å²) < 4.78 is 5.62. The van der Waals surface area contributed by atoms with Gasteiger partial charge in [-0.15, -0.1) is 0 Å². The summed E-state index contributed by atoms with van der Waals surface area (Å²) >= 11 is 0. The van der Waals surface area contributed by atoms with Gasteiger partial charge in [-0.3, -0.25) is 0 Å². The zero-order valence-corrected chi connectivity index (χ0v) is 10.1. The van der Waals surface area contributed by atoms with Gasteiger partial charge >= 0.3 is 6.01 Å². The molecule has 1 aliphatic carbocycles. The Morgan fingerprint density at radius 1 is 1.06 bits per heavy atom. The van der Waals surface area contributed by atoms with Crippen LogP contribution >= 0.6 is 0 Å². The Morgan fingerprint density at radius 2 is 1.89 bits per heavy atom. The molecule has 0 unspecified atom stereocenters. The van der Waals surface area contributed by atoms with Crippen LogP contribution in [-0.2, 0) is 12.8 Å². The topological polar surface area (TPSA) is 61.0 Å². The number of aryl methyl sites for hydroxylation is 2. The molecule has 1 heterocycles. The minimum Gasteiger partial charge on any atom is -0.424 e. The van der Waals surface area contributed by atoms with Crippen molar-refractivity contribution < 1.29 is 4.74 Å². The van der Waals surface area contributed by atoms with Crippen molar-refractivity contribution in [3.63, 3.8) is 0 Å². The van der Waals surface area contributed by atoms with Gasteiger partial charge in [-0.2, -0.15) is 4.98 Å². The number of benzene rings is 1. The first-order valence-corrected chi connectivity index (χ1v) is 6.19. The van der Waals surface area contributed by atoms with Gasteiger partial charge in [0.05, 0.1) is 0 Å². The van der Waals surface area contributed by atoms with Gasteiger partial charge in [0.2, 0.25) is 0 Å². The van der Waals surface area contributed by atoms with Crippen LogP contribution in [0.3, 0.4) is 0 Å². The first-order valence-electron chi connectivity index (χ1n) is 6.19. The predicted octanol–water partition coefficient (Wildman–Crippen LogP) is 2.73. The van der Waals surface area contributed by atoms with E-state index in [1.807, 2.05) is 6.07 Å². The van der Waals surface area contributed by atoms with Crippen molar-refractivity contribution in [3.8, 4) is 11.8 Å². The van der Waals surface area contributed by atoms with E-state index in [4.69, 9.17) is 10.5 Å². The van der Waals surface area contributed by atoms with Crippen LogP contribution in [0.4, 0.5) is 5.82 Å².